The third-order valence-corrected chi connectivity index (χ3v) is 3.56. The number of rotatable bonds is 4. The molecular weight excluding hydrogens is 300 g/mol. The predicted octanol–water partition coefficient (Wildman–Crippen LogP) is 3.99. The van der Waals surface area contributed by atoms with Crippen molar-refractivity contribution in [3.8, 4) is 0 Å². The first-order valence-corrected chi connectivity index (χ1v) is 6.76. The third-order valence-electron chi connectivity index (χ3n) is 2.83. The van der Waals surface area contributed by atoms with E-state index in [2.05, 4.69) is 5.32 Å². The van der Waals surface area contributed by atoms with Crippen LogP contribution in [0.15, 0.2) is 42.5 Å². The van der Waals surface area contributed by atoms with E-state index in [1.54, 1.807) is 12.1 Å². The molecular formula is C15H12Cl2FNO. The molecule has 0 radical (unpaired) electrons. The first kappa shape index (κ1) is 14.8. The summed E-state index contributed by atoms with van der Waals surface area (Å²) in [6, 6.07) is 11.6. The molecule has 1 N–H and O–H groups in total. The summed E-state index contributed by atoms with van der Waals surface area (Å²) in [4.78, 5) is 11.8. The second kappa shape index (κ2) is 6.73. The molecule has 2 aromatic carbocycles. The zero-order valence-corrected chi connectivity index (χ0v) is 12.0. The topological polar surface area (TPSA) is 29.1 Å². The lowest BCUT2D eigenvalue weighted by Gasteiger charge is -2.08. The second-order valence-corrected chi connectivity index (χ2v) is 5.06. The zero-order valence-electron chi connectivity index (χ0n) is 10.5. The van der Waals surface area contributed by atoms with Crippen molar-refractivity contribution in [2.75, 3.05) is 0 Å². The largest absolute Gasteiger partial charge is 0.352 e. The summed E-state index contributed by atoms with van der Waals surface area (Å²) < 4.78 is 13.6. The van der Waals surface area contributed by atoms with Crippen LogP contribution in [0.2, 0.25) is 10.0 Å². The Balaban J connectivity index is 1.98. The number of carbonyl (C=O) groups is 1. The van der Waals surface area contributed by atoms with Crippen molar-refractivity contribution in [2.24, 2.45) is 0 Å². The van der Waals surface area contributed by atoms with E-state index in [0.29, 0.717) is 11.6 Å². The van der Waals surface area contributed by atoms with Crippen molar-refractivity contribution in [3.63, 3.8) is 0 Å². The summed E-state index contributed by atoms with van der Waals surface area (Å²) in [6.45, 7) is 0.296. The van der Waals surface area contributed by atoms with Gasteiger partial charge in [0.15, 0.2) is 0 Å². The Labute approximate surface area is 126 Å². The molecule has 0 fully saturated rings. The van der Waals surface area contributed by atoms with Gasteiger partial charge in [-0.3, -0.25) is 4.79 Å². The number of carbonyl (C=O) groups excluding carboxylic acids is 1. The van der Waals surface area contributed by atoms with Gasteiger partial charge in [-0.15, -0.1) is 0 Å². The molecule has 0 aromatic heterocycles. The highest BCUT2D eigenvalue weighted by molar-refractivity contribution is 6.31. The molecule has 0 heterocycles. The summed E-state index contributed by atoms with van der Waals surface area (Å²) in [6.07, 6.45) is -0.101. The fraction of sp³-hybridized carbons (Fsp3) is 0.133. The van der Waals surface area contributed by atoms with Gasteiger partial charge in [0, 0.05) is 22.2 Å². The molecule has 20 heavy (non-hydrogen) atoms. The minimum atomic E-state index is -0.481. The van der Waals surface area contributed by atoms with E-state index in [4.69, 9.17) is 23.2 Å². The molecule has 1 amide bonds. The SMILES string of the molecule is O=C(Cc1c(F)cccc1Cl)NCc1ccccc1Cl. The van der Waals surface area contributed by atoms with Crippen molar-refractivity contribution in [2.45, 2.75) is 13.0 Å². The molecule has 0 atom stereocenters. The average molecular weight is 312 g/mol. The highest BCUT2D eigenvalue weighted by atomic mass is 35.5. The third kappa shape index (κ3) is 3.71. The smallest absolute Gasteiger partial charge is 0.224 e. The van der Waals surface area contributed by atoms with E-state index in [9.17, 15) is 9.18 Å². The highest BCUT2D eigenvalue weighted by Crippen LogP contribution is 2.19. The monoisotopic (exact) mass is 311 g/mol. The number of amides is 1. The molecule has 5 heteroatoms. The lowest BCUT2D eigenvalue weighted by atomic mass is 10.1. The summed E-state index contributed by atoms with van der Waals surface area (Å²) in [5.74, 6) is -0.790. The highest BCUT2D eigenvalue weighted by Gasteiger charge is 2.11. The van der Waals surface area contributed by atoms with Crippen LogP contribution in [0.3, 0.4) is 0 Å². The molecule has 2 nitrogen and oxygen atoms in total. The van der Waals surface area contributed by atoms with Crippen molar-refractivity contribution >= 4 is 29.1 Å². The Bertz CT molecular complexity index is 611. The molecule has 104 valence electrons. The maximum Gasteiger partial charge on any atom is 0.224 e. The maximum atomic E-state index is 13.6. The van der Waals surface area contributed by atoms with Crippen molar-refractivity contribution in [1.29, 1.82) is 0 Å². The molecule has 0 aliphatic carbocycles. The van der Waals surface area contributed by atoms with Crippen LogP contribution in [0.25, 0.3) is 0 Å². The molecule has 0 saturated carbocycles. The van der Waals surface area contributed by atoms with E-state index in [1.165, 1.54) is 12.1 Å². The van der Waals surface area contributed by atoms with Gasteiger partial charge in [-0.05, 0) is 23.8 Å². The lowest BCUT2D eigenvalue weighted by molar-refractivity contribution is -0.120. The van der Waals surface area contributed by atoms with Gasteiger partial charge in [-0.25, -0.2) is 4.39 Å². The van der Waals surface area contributed by atoms with Crippen molar-refractivity contribution < 1.29 is 9.18 Å². The summed E-state index contributed by atoms with van der Waals surface area (Å²) >= 11 is 11.9. The van der Waals surface area contributed by atoms with E-state index >= 15 is 0 Å². The van der Waals surface area contributed by atoms with Crippen LogP contribution >= 0.6 is 23.2 Å². The van der Waals surface area contributed by atoms with Crippen LogP contribution in [0.5, 0.6) is 0 Å². The van der Waals surface area contributed by atoms with E-state index < -0.39 is 5.82 Å². The van der Waals surface area contributed by atoms with Crippen LogP contribution in [0.1, 0.15) is 11.1 Å². The number of hydrogen-bond donors (Lipinski definition) is 1. The number of nitrogens with one attached hydrogen (secondary N) is 1. The molecule has 0 saturated heterocycles. The number of halogens is 3. The van der Waals surface area contributed by atoms with Gasteiger partial charge in [0.2, 0.25) is 5.91 Å². The van der Waals surface area contributed by atoms with Crippen LogP contribution in [-0.2, 0) is 17.8 Å². The Morgan fingerprint density at radius 1 is 1.05 bits per heavy atom. The van der Waals surface area contributed by atoms with Crippen LogP contribution in [-0.4, -0.2) is 5.91 Å². The van der Waals surface area contributed by atoms with Gasteiger partial charge in [0.05, 0.1) is 6.42 Å². The quantitative estimate of drug-likeness (QED) is 0.908. The van der Waals surface area contributed by atoms with Crippen LogP contribution in [0, 0.1) is 5.82 Å². The molecule has 2 rings (SSSR count). The van der Waals surface area contributed by atoms with Crippen molar-refractivity contribution in [3.05, 3.63) is 69.5 Å². The first-order chi connectivity index (χ1) is 9.58. The Hall–Kier alpha value is -1.58. The second-order valence-electron chi connectivity index (χ2n) is 4.25. The van der Waals surface area contributed by atoms with Crippen molar-refractivity contribution in [1.82, 2.24) is 5.32 Å². The molecule has 2 aromatic rings. The molecule has 0 spiro atoms. The van der Waals surface area contributed by atoms with Crippen LogP contribution < -0.4 is 5.32 Å². The summed E-state index contributed by atoms with van der Waals surface area (Å²) in [5.41, 5.74) is 1.01. The molecule has 0 aliphatic heterocycles. The van der Waals surface area contributed by atoms with Crippen LogP contribution in [0.4, 0.5) is 4.39 Å². The van der Waals surface area contributed by atoms with Gasteiger partial charge >= 0.3 is 0 Å². The maximum absolute atomic E-state index is 13.6. The Morgan fingerprint density at radius 3 is 2.45 bits per heavy atom. The van der Waals surface area contributed by atoms with Gasteiger partial charge in [0.25, 0.3) is 0 Å². The predicted molar refractivity (Wildman–Crippen MR) is 78.4 cm³/mol. The first-order valence-electron chi connectivity index (χ1n) is 6.01. The molecule has 0 aliphatic rings. The van der Waals surface area contributed by atoms with Gasteiger partial charge in [-0.2, -0.15) is 0 Å². The van der Waals surface area contributed by atoms with Gasteiger partial charge in [-0.1, -0.05) is 47.5 Å². The molecule has 0 unspecified atom stereocenters. The minimum absolute atomic E-state index is 0.101. The average Bonchev–Trinajstić information content (AvgIpc) is 2.42. The lowest BCUT2D eigenvalue weighted by Crippen LogP contribution is -2.25. The van der Waals surface area contributed by atoms with E-state index in [1.807, 2.05) is 18.2 Å². The minimum Gasteiger partial charge on any atom is -0.352 e. The molecule has 0 bridgehead atoms. The standard InChI is InChI=1S/C15H12Cl2FNO/c16-12-5-2-1-4-10(12)9-19-15(20)8-11-13(17)6-3-7-14(11)18/h1-7H,8-9H2,(H,19,20). The van der Waals surface area contributed by atoms with E-state index in [0.717, 1.165) is 5.56 Å². The fourth-order valence-electron chi connectivity index (χ4n) is 1.76. The Kier molecular flexibility index (Phi) is 4.99. The normalized spacial score (nSPS) is 10.3. The van der Waals surface area contributed by atoms with Gasteiger partial charge < -0.3 is 5.32 Å². The number of benzene rings is 2. The van der Waals surface area contributed by atoms with E-state index in [-0.39, 0.29) is 22.9 Å². The summed E-state index contributed by atoms with van der Waals surface area (Å²) in [5, 5.41) is 3.52. The zero-order chi connectivity index (χ0) is 14.5. The number of hydrogen-bond acceptors (Lipinski definition) is 1. The Morgan fingerprint density at radius 2 is 1.75 bits per heavy atom. The fourth-order valence-corrected chi connectivity index (χ4v) is 2.19. The summed E-state index contributed by atoms with van der Waals surface area (Å²) in [7, 11) is 0. The van der Waals surface area contributed by atoms with Gasteiger partial charge in [0.1, 0.15) is 5.82 Å².